The number of aromatic nitrogens is 2. The Morgan fingerprint density at radius 3 is 1.48 bits per heavy atom. The molecule has 2 atom stereocenters. The molecule has 50 heavy (non-hydrogen) atoms. The Bertz CT molecular complexity index is 1790. The standard InChI is InChI=1S/C41H57N3O6/c1-4-42-37(47)31-27-33-34(28-32(31)38(42)48)40(50)44(39(33)49)41(2,3)25-17-11-7-5-9-13-19-29-21-15-16-22-30(29)20-14-10-6-8-12-18-26-43-35(45)23-24-36(43)46/h23-24,27-30H,4-22,25-26H2,1-3H3. The van der Waals surface area contributed by atoms with Crippen molar-refractivity contribution in [3.8, 4) is 0 Å². The summed E-state index contributed by atoms with van der Waals surface area (Å²) in [5.41, 5.74) is -2.24. The Labute approximate surface area is 295 Å². The fourth-order valence-corrected chi connectivity index (χ4v) is 8.72. The first kappa shape index (κ1) is 37.6. The van der Waals surface area contributed by atoms with Crippen molar-refractivity contribution in [1.82, 2.24) is 14.0 Å². The molecule has 2 unspecified atom stereocenters. The molecule has 2 aromatic heterocycles. The van der Waals surface area contributed by atoms with E-state index in [4.69, 9.17) is 0 Å². The number of carbonyl (C=O) groups excluding carboxylic acids is 2. The zero-order valence-corrected chi connectivity index (χ0v) is 30.6. The van der Waals surface area contributed by atoms with Crippen molar-refractivity contribution in [3.63, 3.8) is 0 Å². The van der Waals surface area contributed by atoms with Crippen molar-refractivity contribution in [2.24, 2.45) is 11.8 Å². The van der Waals surface area contributed by atoms with Gasteiger partial charge < -0.3 is 0 Å². The molecule has 272 valence electrons. The lowest BCUT2D eigenvalue weighted by Crippen LogP contribution is -2.41. The molecule has 0 saturated heterocycles. The monoisotopic (exact) mass is 687 g/mol. The summed E-state index contributed by atoms with van der Waals surface area (Å²) in [5, 5.41) is 0.862. The van der Waals surface area contributed by atoms with E-state index in [1.54, 1.807) is 6.92 Å². The van der Waals surface area contributed by atoms with Crippen LogP contribution in [0.25, 0.3) is 21.5 Å². The van der Waals surface area contributed by atoms with Gasteiger partial charge in [-0.3, -0.25) is 42.8 Å². The zero-order valence-electron chi connectivity index (χ0n) is 30.6. The van der Waals surface area contributed by atoms with Gasteiger partial charge in [0.25, 0.3) is 34.1 Å². The van der Waals surface area contributed by atoms with Crippen LogP contribution in [0.1, 0.15) is 143 Å². The number of hydrogen-bond acceptors (Lipinski definition) is 6. The fraction of sp³-hybridized carbons (Fsp3) is 0.659. The van der Waals surface area contributed by atoms with Crippen molar-refractivity contribution < 1.29 is 9.59 Å². The molecule has 0 spiro atoms. The minimum atomic E-state index is -0.661. The summed E-state index contributed by atoms with van der Waals surface area (Å²) < 4.78 is 2.48. The molecule has 3 aromatic rings. The molecule has 1 aliphatic heterocycles. The number of imide groups is 1. The number of carbonyl (C=O) groups is 2. The third-order valence-electron chi connectivity index (χ3n) is 11.7. The number of unbranched alkanes of at least 4 members (excludes halogenated alkanes) is 10. The fourth-order valence-electron chi connectivity index (χ4n) is 8.72. The van der Waals surface area contributed by atoms with Gasteiger partial charge >= 0.3 is 0 Å². The maximum absolute atomic E-state index is 13.4. The third-order valence-corrected chi connectivity index (χ3v) is 11.7. The van der Waals surface area contributed by atoms with Crippen LogP contribution in [-0.4, -0.2) is 32.4 Å². The second kappa shape index (κ2) is 17.1. The summed E-state index contributed by atoms with van der Waals surface area (Å²) in [6.45, 7) is 6.38. The maximum atomic E-state index is 13.4. The molecule has 1 saturated carbocycles. The van der Waals surface area contributed by atoms with E-state index in [0.29, 0.717) is 13.0 Å². The van der Waals surface area contributed by atoms with Crippen molar-refractivity contribution in [1.29, 1.82) is 0 Å². The molecule has 1 fully saturated rings. The van der Waals surface area contributed by atoms with E-state index in [9.17, 15) is 28.8 Å². The van der Waals surface area contributed by atoms with Crippen LogP contribution >= 0.6 is 0 Å². The van der Waals surface area contributed by atoms with E-state index in [0.717, 1.165) is 48.5 Å². The average molecular weight is 688 g/mol. The number of benzene rings is 1. The lowest BCUT2D eigenvalue weighted by Gasteiger charge is -2.32. The lowest BCUT2D eigenvalue weighted by atomic mass is 9.74. The van der Waals surface area contributed by atoms with Gasteiger partial charge in [0.05, 0.1) is 21.5 Å². The molecule has 0 bridgehead atoms. The molecule has 3 heterocycles. The van der Waals surface area contributed by atoms with Crippen LogP contribution in [0.5, 0.6) is 0 Å². The van der Waals surface area contributed by atoms with Crippen molar-refractivity contribution in [2.45, 2.75) is 155 Å². The molecule has 1 aromatic carbocycles. The Morgan fingerprint density at radius 1 is 0.580 bits per heavy atom. The smallest absolute Gasteiger partial charge is 0.262 e. The van der Waals surface area contributed by atoms with E-state index in [1.165, 1.54) is 117 Å². The molecule has 9 nitrogen and oxygen atoms in total. The van der Waals surface area contributed by atoms with Crippen LogP contribution in [0, 0.1) is 11.8 Å². The van der Waals surface area contributed by atoms with E-state index in [-0.39, 0.29) is 51.0 Å². The summed E-state index contributed by atoms with van der Waals surface area (Å²) in [6, 6.07) is 2.89. The Morgan fingerprint density at radius 2 is 1.00 bits per heavy atom. The number of nitrogens with zero attached hydrogens (tertiary/aromatic N) is 3. The third kappa shape index (κ3) is 8.46. The molecule has 2 amide bonds. The second-order valence-electron chi connectivity index (χ2n) is 15.6. The van der Waals surface area contributed by atoms with E-state index >= 15 is 0 Å². The Kier molecular flexibility index (Phi) is 12.8. The largest absolute Gasteiger partial charge is 0.275 e. The van der Waals surface area contributed by atoms with E-state index < -0.39 is 16.7 Å². The van der Waals surface area contributed by atoms with Gasteiger partial charge in [-0.05, 0) is 57.6 Å². The highest BCUT2D eigenvalue weighted by molar-refractivity contribution is 6.12. The first-order chi connectivity index (χ1) is 24.0. The van der Waals surface area contributed by atoms with Gasteiger partial charge in [-0.2, -0.15) is 0 Å². The van der Waals surface area contributed by atoms with Crippen molar-refractivity contribution >= 4 is 33.4 Å². The van der Waals surface area contributed by atoms with Gasteiger partial charge in [-0.1, -0.05) is 109 Å². The summed E-state index contributed by atoms with van der Waals surface area (Å²) >= 11 is 0. The molecule has 0 radical (unpaired) electrons. The minimum Gasteiger partial charge on any atom is -0.275 e. The predicted molar refractivity (Wildman–Crippen MR) is 200 cm³/mol. The number of rotatable bonds is 20. The average Bonchev–Trinajstić information content (AvgIpc) is 3.65. The first-order valence-corrected chi connectivity index (χ1v) is 19.5. The molecule has 0 N–H and O–H groups in total. The first-order valence-electron chi connectivity index (χ1n) is 19.5. The van der Waals surface area contributed by atoms with Crippen LogP contribution in [-0.2, 0) is 21.7 Å². The van der Waals surface area contributed by atoms with Gasteiger partial charge in [0, 0.05) is 30.8 Å². The van der Waals surface area contributed by atoms with Gasteiger partial charge in [0.1, 0.15) is 0 Å². The quantitative estimate of drug-likeness (QED) is 0.0913. The van der Waals surface area contributed by atoms with Crippen LogP contribution < -0.4 is 22.2 Å². The highest BCUT2D eigenvalue weighted by atomic mass is 16.2. The lowest BCUT2D eigenvalue weighted by molar-refractivity contribution is -0.136. The highest BCUT2D eigenvalue weighted by Gasteiger charge is 2.28. The van der Waals surface area contributed by atoms with Gasteiger partial charge in [0.2, 0.25) is 0 Å². The second-order valence-corrected chi connectivity index (χ2v) is 15.6. The Hall–Kier alpha value is -3.62. The van der Waals surface area contributed by atoms with Gasteiger partial charge in [0.15, 0.2) is 0 Å². The molecule has 9 heteroatoms. The van der Waals surface area contributed by atoms with Crippen molar-refractivity contribution in [3.05, 3.63) is 65.7 Å². The van der Waals surface area contributed by atoms with Crippen LogP contribution in [0.2, 0.25) is 0 Å². The number of amides is 2. The number of fused-ring (bicyclic) bond motifs is 2. The van der Waals surface area contributed by atoms with Crippen LogP contribution in [0.4, 0.5) is 0 Å². The summed E-state index contributed by atoms with van der Waals surface area (Å²) in [5.74, 6) is 1.40. The number of hydrogen-bond donors (Lipinski definition) is 0. The van der Waals surface area contributed by atoms with Gasteiger partial charge in [-0.25, -0.2) is 0 Å². The van der Waals surface area contributed by atoms with E-state index in [2.05, 4.69) is 0 Å². The topological polar surface area (TPSA) is 116 Å². The van der Waals surface area contributed by atoms with Crippen molar-refractivity contribution in [2.75, 3.05) is 6.54 Å². The van der Waals surface area contributed by atoms with Gasteiger partial charge in [-0.15, -0.1) is 0 Å². The van der Waals surface area contributed by atoms with Crippen LogP contribution in [0.3, 0.4) is 0 Å². The summed E-state index contributed by atoms with van der Waals surface area (Å²) in [4.78, 5) is 76.8. The summed E-state index contributed by atoms with van der Waals surface area (Å²) in [6.07, 6.45) is 25.5. The Balaban J connectivity index is 0.970. The molecular weight excluding hydrogens is 630 g/mol. The maximum Gasteiger partial charge on any atom is 0.262 e. The normalized spacial score (nSPS) is 18.4. The summed E-state index contributed by atoms with van der Waals surface area (Å²) in [7, 11) is 0. The predicted octanol–water partition coefficient (Wildman–Crippen LogP) is 7.25. The molecule has 1 aliphatic carbocycles. The zero-order chi connectivity index (χ0) is 35.8. The van der Waals surface area contributed by atoms with Crippen LogP contribution in [0.15, 0.2) is 43.5 Å². The van der Waals surface area contributed by atoms with E-state index in [1.807, 2.05) is 13.8 Å². The highest BCUT2D eigenvalue weighted by Crippen LogP contribution is 2.37. The SMILES string of the molecule is CCn1c(=O)c2cc3c(=O)n(C(C)(C)CCCCCCCCC4CCCCC4CCCCCCCCN4C(=O)C=CC4=O)c(=O)c3cc2c1=O. The molecular formula is C41H57N3O6. The minimum absolute atomic E-state index is 0.174. The molecule has 5 rings (SSSR count). The molecule has 2 aliphatic rings.